The van der Waals surface area contributed by atoms with Crippen LogP contribution < -0.4 is 0 Å². The molecule has 0 saturated carbocycles. The van der Waals surface area contributed by atoms with Gasteiger partial charge in [-0.05, 0) is 132 Å². The van der Waals surface area contributed by atoms with E-state index >= 15 is 0 Å². The lowest BCUT2D eigenvalue weighted by Gasteiger charge is -2.10. The quantitative estimate of drug-likeness (QED) is 0.167. The molecular weight excluding hydrogens is 703 g/mol. The second kappa shape index (κ2) is 12.7. The Hall–Kier alpha value is -7.62. The third-order valence-electron chi connectivity index (χ3n) is 11.5. The molecule has 0 fully saturated rings. The van der Waals surface area contributed by atoms with Gasteiger partial charge in [-0.1, -0.05) is 109 Å². The smallest absolute Gasteiger partial charge is 0.0645 e. The molecule has 0 spiro atoms. The third kappa shape index (κ3) is 4.93. The van der Waals surface area contributed by atoms with Crippen molar-refractivity contribution < 1.29 is 8.22 Å². The molecule has 0 aliphatic carbocycles. The number of hydrogen-bond acceptors (Lipinski definition) is 0. The number of aryl methyl sites for hydroxylation is 1. The second-order valence-corrected chi connectivity index (χ2v) is 15.0. The summed E-state index contributed by atoms with van der Waals surface area (Å²) in [4.78, 5) is 0. The van der Waals surface area contributed by atoms with Crippen molar-refractivity contribution in [2.24, 2.45) is 0 Å². The van der Waals surface area contributed by atoms with E-state index in [-0.39, 0.29) is 58.4 Å². The Morgan fingerprint density at radius 3 is 1.24 bits per heavy atom. The Labute approximate surface area is 344 Å². The summed E-state index contributed by atoms with van der Waals surface area (Å²) in [7, 11) is 0. The van der Waals surface area contributed by atoms with Crippen LogP contribution in [0.15, 0.2) is 206 Å². The largest absolute Gasteiger partial charge is 0.309 e. The first-order valence-electron chi connectivity index (χ1n) is 22.5. The summed E-state index contributed by atoms with van der Waals surface area (Å²) in [6.45, 7) is 1.96. The summed E-state index contributed by atoms with van der Waals surface area (Å²) in [6, 6.07) is 55.8. The number of nitrogens with zero attached hydrogens (tertiary/aromatic N) is 3. The van der Waals surface area contributed by atoms with Crippen molar-refractivity contribution >= 4 is 65.4 Å². The van der Waals surface area contributed by atoms with Crippen molar-refractivity contribution in [1.29, 1.82) is 0 Å². The highest BCUT2D eigenvalue weighted by molar-refractivity contribution is 6.14. The van der Waals surface area contributed by atoms with Gasteiger partial charge < -0.3 is 13.7 Å². The van der Waals surface area contributed by atoms with E-state index in [2.05, 4.69) is 57.7 Å². The monoisotopic (exact) mass is 745 g/mol. The van der Waals surface area contributed by atoms with Gasteiger partial charge in [0.2, 0.25) is 0 Å². The molecule has 0 unspecified atom stereocenters. The number of benzene rings is 9. The van der Waals surface area contributed by atoms with E-state index in [4.69, 9.17) is 0 Å². The summed E-state index contributed by atoms with van der Waals surface area (Å²) < 4.78 is 65.1. The van der Waals surface area contributed by atoms with Crippen molar-refractivity contribution in [3.8, 4) is 39.3 Å². The van der Waals surface area contributed by atoms with E-state index in [0.717, 1.165) is 60.5 Å². The van der Waals surface area contributed by atoms with E-state index < -0.39 is 0 Å². The van der Waals surface area contributed by atoms with Gasteiger partial charge >= 0.3 is 0 Å². The van der Waals surface area contributed by atoms with Crippen molar-refractivity contribution in [2.75, 3.05) is 0 Å². The van der Waals surface area contributed by atoms with Crippen LogP contribution in [0, 0.1) is 6.92 Å². The van der Waals surface area contributed by atoms with Crippen molar-refractivity contribution in [2.45, 2.75) is 6.92 Å². The molecule has 0 atom stereocenters. The standard InChI is InChI=1S/C55H37N3/c1-36-13-12-18-43(31-36)58-54-29-25-39(37-23-27-52-46(32-37)44-19-8-10-21-50(44)56(52)41-14-4-2-5-15-41)34-48(54)49-35-40(26-30-55(49)58)38-24-28-53-47(33-38)45-20-9-11-22-51(45)57(53)42-16-6-3-7-17-42/h2-35H,1H3/i25D,26D,29D,30D,34D,35D. The van der Waals surface area contributed by atoms with E-state index in [1.54, 1.807) is 4.57 Å². The molecule has 272 valence electrons. The average Bonchev–Trinajstić information content (AvgIpc) is 3.97. The first kappa shape index (κ1) is 27.1. The fourth-order valence-corrected chi connectivity index (χ4v) is 8.89. The van der Waals surface area contributed by atoms with Gasteiger partial charge in [-0.25, -0.2) is 0 Å². The summed E-state index contributed by atoms with van der Waals surface area (Å²) >= 11 is 0. The molecule has 0 radical (unpaired) electrons. The fraction of sp³-hybridized carbons (Fsp3) is 0.0182. The van der Waals surface area contributed by atoms with Gasteiger partial charge in [-0.15, -0.1) is 0 Å². The molecule has 58 heavy (non-hydrogen) atoms. The zero-order valence-electron chi connectivity index (χ0n) is 37.5. The van der Waals surface area contributed by atoms with Crippen LogP contribution in [-0.4, -0.2) is 13.7 Å². The molecular formula is C55H37N3. The topological polar surface area (TPSA) is 14.8 Å². The lowest BCUT2D eigenvalue weighted by molar-refractivity contribution is 1.17. The van der Waals surface area contributed by atoms with Gasteiger partial charge in [-0.3, -0.25) is 0 Å². The van der Waals surface area contributed by atoms with E-state index in [1.165, 1.54) is 0 Å². The minimum Gasteiger partial charge on any atom is -0.309 e. The summed E-state index contributed by atoms with van der Waals surface area (Å²) in [5.74, 6) is 0. The fourth-order valence-electron chi connectivity index (χ4n) is 8.89. The average molecular weight is 746 g/mol. The molecule has 3 nitrogen and oxygen atoms in total. The van der Waals surface area contributed by atoms with Gasteiger partial charge in [0.15, 0.2) is 0 Å². The van der Waals surface area contributed by atoms with Crippen LogP contribution in [0.2, 0.25) is 0 Å². The first-order chi connectivity index (χ1) is 31.2. The lowest BCUT2D eigenvalue weighted by atomic mass is 9.98. The van der Waals surface area contributed by atoms with Crippen LogP contribution in [0.3, 0.4) is 0 Å². The predicted molar refractivity (Wildman–Crippen MR) is 245 cm³/mol. The zero-order chi connectivity index (χ0) is 43.5. The zero-order valence-corrected chi connectivity index (χ0v) is 31.5. The Bertz CT molecular complexity index is 3690. The Morgan fingerprint density at radius 2 is 0.741 bits per heavy atom. The molecule has 0 aliphatic heterocycles. The van der Waals surface area contributed by atoms with Gasteiger partial charge in [-0.2, -0.15) is 0 Å². The van der Waals surface area contributed by atoms with Crippen molar-refractivity contribution in [1.82, 2.24) is 13.7 Å². The summed E-state index contributed by atoms with van der Waals surface area (Å²) in [5, 5.41) is 4.55. The highest BCUT2D eigenvalue weighted by atomic mass is 15.0. The third-order valence-corrected chi connectivity index (χ3v) is 11.5. The molecule has 12 aromatic rings. The second-order valence-electron chi connectivity index (χ2n) is 15.0. The highest BCUT2D eigenvalue weighted by Gasteiger charge is 2.18. The van der Waals surface area contributed by atoms with Gasteiger partial charge in [0.05, 0.1) is 41.3 Å². The maximum Gasteiger partial charge on any atom is 0.0645 e. The van der Waals surface area contributed by atoms with Gasteiger partial charge in [0.25, 0.3) is 0 Å². The number of rotatable bonds is 5. The highest BCUT2D eigenvalue weighted by Crippen LogP contribution is 2.41. The molecule has 3 heterocycles. The Balaban J connectivity index is 1.16. The summed E-state index contributed by atoms with van der Waals surface area (Å²) in [5.41, 5.74) is 9.91. The van der Waals surface area contributed by atoms with E-state index in [1.807, 2.05) is 128 Å². The molecule has 12 rings (SSSR count). The maximum atomic E-state index is 10.1. The normalized spacial score (nSPS) is 13.3. The minimum absolute atomic E-state index is 0.00323. The Morgan fingerprint density at radius 1 is 0.310 bits per heavy atom. The number of hydrogen-bond donors (Lipinski definition) is 0. The first-order valence-corrected chi connectivity index (χ1v) is 19.5. The summed E-state index contributed by atoms with van der Waals surface area (Å²) in [6.07, 6.45) is 0. The van der Waals surface area contributed by atoms with Gasteiger partial charge in [0.1, 0.15) is 0 Å². The van der Waals surface area contributed by atoms with Crippen LogP contribution in [-0.2, 0) is 0 Å². The van der Waals surface area contributed by atoms with Crippen LogP contribution in [0.25, 0.3) is 105 Å². The lowest BCUT2D eigenvalue weighted by Crippen LogP contribution is -1.94. The van der Waals surface area contributed by atoms with Crippen LogP contribution in [0.5, 0.6) is 0 Å². The minimum atomic E-state index is -0.120. The van der Waals surface area contributed by atoms with Gasteiger partial charge in [0, 0.05) is 49.4 Å². The predicted octanol–water partition coefficient (Wildman–Crippen LogP) is 14.6. The number of para-hydroxylation sites is 4. The number of fused-ring (bicyclic) bond motifs is 9. The molecule has 3 heteroatoms. The van der Waals surface area contributed by atoms with Crippen molar-refractivity contribution in [3.05, 3.63) is 212 Å². The molecule has 9 aromatic carbocycles. The van der Waals surface area contributed by atoms with E-state index in [9.17, 15) is 8.22 Å². The Kier molecular flexibility index (Phi) is 5.93. The molecule has 3 aromatic heterocycles. The molecule has 0 amide bonds. The van der Waals surface area contributed by atoms with Crippen LogP contribution in [0.4, 0.5) is 0 Å². The molecule has 0 saturated heterocycles. The SMILES string of the molecule is [2H]c1c(-c2ccc3c(c2)c2ccccc2n3-c2ccccc2)c([2H])c2c3c([2H])c(-c4ccc5c(c4)c4ccccc4n5-c4ccccc4)c([2H])c([2H])c3n(-c3cccc(C)c3)c2c1[2H]. The van der Waals surface area contributed by atoms with Crippen LogP contribution in [0.1, 0.15) is 13.8 Å². The van der Waals surface area contributed by atoms with Crippen LogP contribution >= 0.6 is 0 Å². The van der Waals surface area contributed by atoms with E-state index in [0.29, 0.717) is 27.6 Å². The molecule has 0 bridgehead atoms. The maximum absolute atomic E-state index is 10.1. The van der Waals surface area contributed by atoms with Crippen molar-refractivity contribution in [3.63, 3.8) is 0 Å². The number of aromatic nitrogens is 3. The molecule has 0 aliphatic rings. The molecule has 0 N–H and O–H groups in total.